The summed E-state index contributed by atoms with van der Waals surface area (Å²) in [5.74, 6) is -0.833. The number of nitrogens with one attached hydrogen (secondary N) is 1. The average Bonchev–Trinajstić information content (AvgIpc) is 2.69. The SMILES string of the molecule is Cc1ccc(CNC(=O)N2CCN(S(=O)(=O)c3ccc(F)cc3)CC2)cc1F. The number of aryl methyl sites for hydroxylation is 1. The van der Waals surface area contributed by atoms with Crippen LogP contribution >= 0.6 is 0 Å². The molecule has 28 heavy (non-hydrogen) atoms. The number of carbonyl (C=O) groups excluding carboxylic acids is 1. The van der Waals surface area contributed by atoms with Gasteiger partial charge in [0.1, 0.15) is 11.6 Å². The number of amides is 2. The summed E-state index contributed by atoms with van der Waals surface area (Å²) in [5, 5.41) is 2.72. The minimum Gasteiger partial charge on any atom is -0.334 e. The number of urea groups is 1. The molecule has 0 atom stereocenters. The predicted molar refractivity (Wildman–Crippen MR) is 100 cm³/mol. The molecule has 0 bridgehead atoms. The van der Waals surface area contributed by atoms with Crippen LogP contribution in [-0.4, -0.2) is 49.8 Å². The van der Waals surface area contributed by atoms with Crippen LogP contribution in [0.25, 0.3) is 0 Å². The smallest absolute Gasteiger partial charge is 0.317 e. The Morgan fingerprint density at radius 1 is 1.04 bits per heavy atom. The van der Waals surface area contributed by atoms with Crippen molar-refractivity contribution in [2.45, 2.75) is 18.4 Å². The van der Waals surface area contributed by atoms with Crippen LogP contribution in [0.1, 0.15) is 11.1 Å². The van der Waals surface area contributed by atoms with Crippen molar-refractivity contribution in [1.82, 2.24) is 14.5 Å². The molecule has 1 heterocycles. The van der Waals surface area contributed by atoms with E-state index in [0.29, 0.717) is 11.1 Å². The van der Waals surface area contributed by atoms with E-state index < -0.39 is 15.8 Å². The zero-order chi connectivity index (χ0) is 20.3. The van der Waals surface area contributed by atoms with Gasteiger partial charge in [-0.3, -0.25) is 0 Å². The summed E-state index contributed by atoms with van der Waals surface area (Å²) < 4.78 is 53.0. The number of benzene rings is 2. The molecule has 1 N–H and O–H groups in total. The van der Waals surface area contributed by atoms with E-state index in [1.165, 1.54) is 27.4 Å². The topological polar surface area (TPSA) is 69.7 Å². The standard InChI is InChI=1S/C19H21F2N3O3S/c1-14-2-3-15(12-18(14)21)13-22-19(25)23-8-10-24(11-9-23)28(26,27)17-6-4-16(20)5-7-17/h2-7,12H,8-11,13H2,1H3,(H,22,25). The minimum atomic E-state index is -3.73. The van der Waals surface area contributed by atoms with Crippen LogP contribution in [0.15, 0.2) is 47.4 Å². The molecule has 3 rings (SSSR count). The molecule has 0 radical (unpaired) electrons. The fourth-order valence-electron chi connectivity index (χ4n) is 2.92. The molecule has 1 aliphatic rings. The lowest BCUT2D eigenvalue weighted by atomic mass is 10.1. The van der Waals surface area contributed by atoms with Gasteiger partial charge in [-0.1, -0.05) is 12.1 Å². The van der Waals surface area contributed by atoms with Crippen molar-refractivity contribution in [3.8, 4) is 0 Å². The third-order valence-electron chi connectivity index (χ3n) is 4.66. The Kier molecular flexibility index (Phi) is 5.95. The first kappa shape index (κ1) is 20.2. The number of hydrogen-bond donors (Lipinski definition) is 1. The zero-order valence-corrected chi connectivity index (χ0v) is 16.2. The Bertz CT molecular complexity index is 957. The van der Waals surface area contributed by atoms with Gasteiger partial charge < -0.3 is 10.2 Å². The molecule has 0 aliphatic carbocycles. The molecular formula is C19H21F2N3O3S. The lowest BCUT2D eigenvalue weighted by Gasteiger charge is -2.34. The Balaban J connectivity index is 1.55. The first-order valence-electron chi connectivity index (χ1n) is 8.81. The van der Waals surface area contributed by atoms with Crippen LogP contribution < -0.4 is 5.32 Å². The predicted octanol–water partition coefficient (Wildman–Crippen LogP) is 2.49. The quantitative estimate of drug-likeness (QED) is 0.844. The normalized spacial score (nSPS) is 15.5. The van der Waals surface area contributed by atoms with Gasteiger partial charge in [-0.25, -0.2) is 22.0 Å². The van der Waals surface area contributed by atoms with E-state index in [1.54, 1.807) is 19.1 Å². The van der Waals surface area contributed by atoms with Crippen LogP contribution in [0.2, 0.25) is 0 Å². The van der Waals surface area contributed by atoms with Gasteiger partial charge in [0.15, 0.2) is 0 Å². The number of halogens is 2. The lowest BCUT2D eigenvalue weighted by Crippen LogP contribution is -2.52. The highest BCUT2D eigenvalue weighted by molar-refractivity contribution is 7.89. The molecule has 0 saturated carbocycles. The third kappa shape index (κ3) is 4.48. The van der Waals surface area contributed by atoms with Gasteiger partial charge in [0.25, 0.3) is 0 Å². The van der Waals surface area contributed by atoms with Crippen LogP contribution in [-0.2, 0) is 16.6 Å². The highest BCUT2D eigenvalue weighted by Gasteiger charge is 2.30. The van der Waals surface area contributed by atoms with E-state index >= 15 is 0 Å². The average molecular weight is 409 g/mol. The number of hydrogen-bond acceptors (Lipinski definition) is 3. The maximum atomic E-state index is 13.6. The van der Waals surface area contributed by atoms with Crippen molar-refractivity contribution in [2.75, 3.05) is 26.2 Å². The second-order valence-corrected chi connectivity index (χ2v) is 8.53. The molecule has 9 heteroatoms. The van der Waals surface area contributed by atoms with E-state index in [9.17, 15) is 22.0 Å². The number of sulfonamides is 1. The maximum Gasteiger partial charge on any atom is 0.317 e. The molecule has 6 nitrogen and oxygen atoms in total. The second-order valence-electron chi connectivity index (χ2n) is 6.59. The summed E-state index contributed by atoms with van der Waals surface area (Å²) in [7, 11) is -3.73. The molecule has 1 aliphatic heterocycles. The fraction of sp³-hybridized carbons (Fsp3) is 0.316. The fourth-order valence-corrected chi connectivity index (χ4v) is 4.35. The molecule has 1 saturated heterocycles. The van der Waals surface area contributed by atoms with Crippen LogP contribution in [0.5, 0.6) is 0 Å². The van der Waals surface area contributed by atoms with Gasteiger partial charge in [0, 0.05) is 32.7 Å². The molecule has 2 aromatic carbocycles. The highest BCUT2D eigenvalue weighted by atomic mass is 32.2. The highest BCUT2D eigenvalue weighted by Crippen LogP contribution is 2.18. The second kappa shape index (κ2) is 8.24. The lowest BCUT2D eigenvalue weighted by molar-refractivity contribution is 0.172. The number of nitrogens with zero attached hydrogens (tertiary/aromatic N) is 2. The molecule has 2 aromatic rings. The van der Waals surface area contributed by atoms with Crippen molar-refractivity contribution in [1.29, 1.82) is 0 Å². The Labute approximate surface area is 162 Å². The van der Waals surface area contributed by atoms with Gasteiger partial charge >= 0.3 is 6.03 Å². The third-order valence-corrected chi connectivity index (χ3v) is 6.57. The van der Waals surface area contributed by atoms with Crippen LogP contribution in [0, 0.1) is 18.6 Å². The Morgan fingerprint density at radius 2 is 1.68 bits per heavy atom. The van der Waals surface area contributed by atoms with E-state index in [0.717, 1.165) is 12.1 Å². The molecule has 2 amide bonds. The van der Waals surface area contributed by atoms with Crippen LogP contribution in [0.3, 0.4) is 0 Å². The van der Waals surface area contributed by atoms with Crippen molar-refractivity contribution < 1.29 is 22.0 Å². The molecule has 0 aromatic heterocycles. The minimum absolute atomic E-state index is 0.0215. The van der Waals surface area contributed by atoms with Crippen molar-refractivity contribution in [3.05, 3.63) is 65.2 Å². The summed E-state index contributed by atoms with van der Waals surface area (Å²) in [4.78, 5) is 13.8. The van der Waals surface area contributed by atoms with Crippen LogP contribution in [0.4, 0.5) is 13.6 Å². The molecule has 0 unspecified atom stereocenters. The number of carbonyl (C=O) groups is 1. The summed E-state index contributed by atoms with van der Waals surface area (Å²) in [6, 6.07) is 9.09. The van der Waals surface area contributed by atoms with E-state index in [1.807, 2.05) is 0 Å². The van der Waals surface area contributed by atoms with E-state index in [2.05, 4.69) is 5.32 Å². The Hall–Kier alpha value is -2.52. The maximum absolute atomic E-state index is 13.6. The summed E-state index contributed by atoms with van der Waals surface area (Å²) in [6.45, 7) is 2.60. The van der Waals surface area contributed by atoms with Crippen molar-refractivity contribution in [2.24, 2.45) is 0 Å². The van der Waals surface area contributed by atoms with E-state index in [-0.39, 0.29) is 49.5 Å². The molecule has 1 fully saturated rings. The first-order valence-corrected chi connectivity index (χ1v) is 10.2. The zero-order valence-electron chi connectivity index (χ0n) is 15.4. The monoisotopic (exact) mass is 409 g/mol. The van der Waals surface area contributed by atoms with Gasteiger partial charge in [-0.05, 0) is 48.4 Å². The summed E-state index contributed by atoms with van der Waals surface area (Å²) in [5.41, 5.74) is 1.18. The molecular weight excluding hydrogens is 388 g/mol. The van der Waals surface area contributed by atoms with E-state index in [4.69, 9.17) is 0 Å². The van der Waals surface area contributed by atoms with Crippen molar-refractivity contribution in [3.63, 3.8) is 0 Å². The molecule has 150 valence electrons. The van der Waals surface area contributed by atoms with Gasteiger partial charge in [-0.15, -0.1) is 0 Å². The summed E-state index contributed by atoms with van der Waals surface area (Å²) in [6.07, 6.45) is 0. The molecule has 0 spiro atoms. The number of piperazine rings is 1. The van der Waals surface area contributed by atoms with Crippen molar-refractivity contribution >= 4 is 16.1 Å². The van der Waals surface area contributed by atoms with Gasteiger partial charge in [0.2, 0.25) is 10.0 Å². The largest absolute Gasteiger partial charge is 0.334 e. The Morgan fingerprint density at radius 3 is 2.29 bits per heavy atom. The first-order chi connectivity index (χ1) is 13.3. The van der Waals surface area contributed by atoms with Gasteiger partial charge in [-0.2, -0.15) is 4.31 Å². The number of rotatable bonds is 4. The summed E-state index contributed by atoms with van der Waals surface area (Å²) >= 11 is 0. The van der Waals surface area contributed by atoms with Gasteiger partial charge in [0.05, 0.1) is 4.90 Å².